The van der Waals surface area contributed by atoms with Crippen molar-refractivity contribution in [2.24, 2.45) is 17.8 Å². The average Bonchev–Trinajstić information content (AvgIpc) is 3.76. The van der Waals surface area contributed by atoms with Crippen molar-refractivity contribution >= 4 is 50.6 Å². The van der Waals surface area contributed by atoms with Gasteiger partial charge in [0, 0.05) is 5.92 Å². The summed E-state index contributed by atoms with van der Waals surface area (Å²) in [6.45, 7) is 5.52. The molecule has 3 rings (SSSR count). The molecule has 1 fully saturated rings. The number of carbonyl (C=O) groups is 3. The second kappa shape index (κ2) is 23.4. The van der Waals surface area contributed by atoms with E-state index in [1.165, 1.54) is 18.4 Å². The quantitative estimate of drug-likeness (QED) is 0.0732. The highest BCUT2D eigenvalue weighted by Gasteiger charge is 2.52. The number of phosphoric acid groups is 2. The Labute approximate surface area is 344 Å². The Morgan fingerprint density at radius 3 is 1.93 bits per heavy atom. The fourth-order valence-electron chi connectivity index (χ4n) is 4.76. The summed E-state index contributed by atoms with van der Waals surface area (Å²) in [6, 6.07) is 5.34. The Kier molecular flexibility index (Phi) is 19.4. The first-order valence-electron chi connectivity index (χ1n) is 18.6. The van der Waals surface area contributed by atoms with Crippen LogP contribution in [0.15, 0.2) is 11.1 Å². The summed E-state index contributed by atoms with van der Waals surface area (Å²) < 4.78 is 78.3. The lowest BCUT2D eigenvalue weighted by Crippen LogP contribution is -2.42. The largest absolute Gasteiger partial charge is 0.475 e. The Morgan fingerprint density at radius 1 is 0.867 bits per heavy atom. The number of rotatable bonds is 25. The molecule has 1 saturated heterocycles. The van der Waals surface area contributed by atoms with Gasteiger partial charge in [-0.3, -0.25) is 61.2 Å². The number of hydrogen-bond donors (Lipinski definition) is 3. The van der Waals surface area contributed by atoms with E-state index in [-0.39, 0.29) is 36.4 Å². The average molecular weight is 887 g/mol. The van der Waals surface area contributed by atoms with E-state index in [2.05, 4.69) is 20.3 Å². The minimum atomic E-state index is -4.83. The van der Waals surface area contributed by atoms with Crippen LogP contribution in [0.25, 0.3) is 11.2 Å². The van der Waals surface area contributed by atoms with Crippen LogP contribution in [0.2, 0.25) is 0 Å². The maximum absolute atomic E-state index is 14.1. The molecule has 0 spiro atoms. The van der Waals surface area contributed by atoms with Crippen molar-refractivity contribution in [3.63, 3.8) is 0 Å². The lowest BCUT2D eigenvalue weighted by atomic mass is 10.1. The monoisotopic (exact) mass is 886 g/mol. The molecule has 2 aromatic rings. The van der Waals surface area contributed by atoms with Crippen LogP contribution in [0.1, 0.15) is 67.0 Å². The molecule has 60 heavy (non-hydrogen) atoms. The van der Waals surface area contributed by atoms with Crippen LogP contribution in [0, 0.1) is 51.7 Å². The van der Waals surface area contributed by atoms with Gasteiger partial charge in [0.1, 0.15) is 12.2 Å². The first-order chi connectivity index (χ1) is 28.4. The van der Waals surface area contributed by atoms with Gasteiger partial charge >= 0.3 is 27.6 Å². The SMILES string of the molecule is CC(C)C(=O)Nc1nc2c(ncn2[C@@H]2O[C@H](COP(=O)(OCCC#N)OCC(CO)OP(=O)(OCCC#N)OCCC#N)[C@@H](OC(=O)C(C)C)[C@H]2OC(=O)C(C)C)c(=O)[nH]1. The van der Waals surface area contributed by atoms with Crippen molar-refractivity contribution < 1.29 is 70.0 Å². The third-order valence-electron chi connectivity index (χ3n) is 7.89. The summed E-state index contributed by atoms with van der Waals surface area (Å²) in [5, 5.41) is 39.3. The highest BCUT2D eigenvalue weighted by molar-refractivity contribution is 7.48. The number of fused-ring (bicyclic) bond motifs is 1. The number of anilines is 1. The van der Waals surface area contributed by atoms with Crippen LogP contribution in [0.3, 0.4) is 0 Å². The number of carbonyl (C=O) groups excluding carboxylic acids is 3. The molecule has 3 N–H and O–H groups in total. The zero-order valence-corrected chi connectivity index (χ0v) is 35.5. The minimum Gasteiger partial charge on any atom is -0.455 e. The molecule has 3 heterocycles. The molecule has 26 heteroatoms. The van der Waals surface area contributed by atoms with E-state index in [0.717, 1.165) is 6.33 Å². The van der Waals surface area contributed by atoms with Crippen molar-refractivity contribution in [1.29, 1.82) is 15.8 Å². The van der Waals surface area contributed by atoms with Crippen LogP contribution >= 0.6 is 15.6 Å². The molecule has 0 bridgehead atoms. The maximum Gasteiger partial charge on any atom is 0.475 e. The lowest BCUT2D eigenvalue weighted by molar-refractivity contribution is -0.172. The Balaban J connectivity index is 2.01. The maximum atomic E-state index is 14.1. The summed E-state index contributed by atoms with van der Waals surface area (Å²) in [4.78, 5) is 62.6. The number of nitriles is 3. The number of nitrogens with zero attached hydrogens (tertiary/aromatic N) is 6. The number of aliphatic hydroxyl groups is 1. The third kappa shape index (κ3) is 14.2. The van der Waals surface area contributed by atoms with Gasteiger partial charge in [-0.25, -0.2) is 14.1 Å². The molecule has 0 aliphatic carbocycles. The van der Waals surface area contributed by atoms with Crippen LogP contribution in [0.5, 0.6) is 0 Å². The number of hydrogen-bond acceptors (Lipinski definition) is 21. The minimum absolute atomic E-state index is 0.140. The Hall–Kier alpha value is -4.63. The summed E-state index contributed by atoms with van der Waals surface area (Å²) in [5.74, 6) is -4.12. The van der Waals surface area contributed by atoms with Gasteiger partial charge in [-0.2, -0.15) is 20.8 Å². The van der Waals surface area contributed by atoms with Gasteiger partial charge in [0.05, 0.1) is 95.3 Å². The first-order valence-corrected chi connectivity index (χ1v) is 21.5. The number of esters is 2. The van der Waals surface area contributed by atoms with Crippen molar-refractivity contribution in [2.75, 3.05) is 45.0 Å². The second-order valence-electron chi connectivity index (χ2n) is 13.7. The van der Waals surface area contributed by atoms with Gasteiger partial charge in [0.2, 0.25) is 11.9 Å². The van der Waals surface area contributed by atoms with Crippen molar-refractivity contribution in [2.45, 2.75) is 91.4 Å². The number of imidazole rings is 1. The molecule has 1 aliphatic heterocycles. The molecule has 330 valence electrons. The lowest BCUT2D eigenvalue weighted by Gasteiger charge is -2.27. The molecular formula is C34H48N8O16P2. The van der Waals surface area contributed by atoms with Crippen LogP contribution in [0.4, 0.5) is 5.95 Å². The number of nitrogens with one attached hydrogen (secondary N) is 2. The fourth-order valence-corrected chi connectivity index (χ4v) is 7.30. The summed E-state index contributed by atoms with van der Waals surface area (Å²) >= 11 is 0. The Bertz CT molecular complexity index is 2050. The number of aromatic nitrogens is 4. The Morgan fingerprint density at radius 2 is 1.42 bits per heavy atom. The fraction of sp³-hybridized carbons (Fsp3) is 0.676. The number of aliphatic hydroxyl groups excluding tert-OH is 1. The third-order valence-corrected chi connectivity index (χ3v) is 10.9. The van der Waals surface area contributed by atoms with Crippen LogP contribution < -0.4 is 10.9 Å². The van der Waals surface area contributed by atoms with E-state index in [9.17, 15) is 33.4 Å². The molecule has 0 saturated carbocycles. The molecule has 2 unspecified atom stereocenters. The van der Waals surface area contributed by atoms with E-state index in [1.54, 1.807) is 45.9 Å². The van der Waals surface area contributed by atoms with E-state index in [1.807, 2.05) is 0 Å². The van der Waals surface area contributed by atoms with Gasteiger partial charge in [-0.05, 0) is 0 Å². The van der Waals surface area contributed by atoms with Crippen LogP contribution in [-0.4, -0.2) is 107 Å². The smallest absolute Gasteiger partial charge is 0.455 e. The van der Waals surface area contributed by atoms with E-state index in [4.69, 9.17) is 57.1 Å². The number of ether oxygens (including phenoxy) is 3. The standard InChI is InChI=1S/C34H48N8O16P2/c1-20(2)29(44)40-34-39-28-25(30(45)41-34)38-19-42(28)31-27(57-33(47)22(5)6)26(56-32(46)21(3)4)24(55-31)18-54-59(48,50-13-7-10-35)53-17-23(16-43)58-60(49,51-14-8-11-36)52-15-9-12-37/h19-24,26-27,31,43H,7-9,13-18H2,1-6H3,(H2,39,40,41,44,45)/t23?,24-,26-,27-,31-,59?/m1/s1. The first kappa shape index (κ1) is 49.7. The van der Waals surface area contributed by atoms with E-state index in [0.29, 0.717) is 0 Å². The molecule has 2 aromatic heterocycles. The van der Waals surface area contributed by atoms with Crippen molar-refractivity contribution in [3.05, 3.63) is 16.7 Å². The highest BCUT2D eigenvalue weighted by Crippen LogP contribution is 2.53. The number of aromatic amines is 1. The molecule has 0 aromatic carbocycles. The molecule has 1 amide bonds. The van der Waals surface area contributed by atoms with Crippen molar-refractivity contribution in [3.8, 4) is 18.2 Å². The van der Waals surface area contributed by atoms with Crippen molar-refractivity contribution in [1.82, 2.24) is 19.5 Å². The highest BCUT2D eigenvalue weighted by atomic mass is 31.2. The van der Waals surface area contributed by atoms with E-state index < -0.39 is 127 Å². The molecule has 1 aliphatic rings. The van der Waals surface area contributed by atoms with Crippen LogP contribution in [-0.2, 0) is 64.9 Å². The molecule has 6 atom stereocenters. The predicted octanol–water partition coefficient (Wildman–Crippen LogP) is 3.16. The molecular weight excluding hydrogens is 838 g/mol. The number of phosphoric ester groups is 2. The zero-order valence-electron chi connectivity index (χ0n) is 33.7. The van der Waals surface area contributed by atoms with Gasteiger partial charge in [0.15, 0.2) is 29.6 Å². The number of H-pyrrole nitrogens is 1. The normalized spacial score (nSPS) is 19.4. The molecule has 0 radical (unpaired) electrons. The van der Waals surface area contributed by atoms with Gasteiger partial charge < -0.3 is 19.3 Å². The topological polar surface area (TPSA) is 336 Å². The zero-order chi connectivity index (χ0) is 44.6. The summed E-state index contributed by atoms with van der Waals surface area (Å²) in [7, 11) is -9.36. The number of amides is 1. The second-order valence-corrected chi connectivity index (χ2v) is 17.0. The summed E-state index contributed by atoms with van der Waals surface area (Å²) in [6.07, 6.45) is -7.09. The van der Waals surface area contributed by atoms with E-state index >= 15 is 0 Å². The molecule has 24 nitrogen and oxygen atoms in total. The van der Waals surface area contributed by atoms with Gasteiger partial charge in [-0.15, -0.1) is 0 Å². The van der Waals surface area contributed by atoms with Gasteiger partial charge in [0.25, 0.3) is 5.56 Å². The predicted molar refractivity (Wildman–Crippen MR) is 203 cm³/mol. The van der Waals surface area contributed by atoms with Gasteiger partial charge in [-0.1, -0.05) is 41.5 Å². The summed E-state index contributed by atoms with van der Waals surface area (Å²) in [5.41, 5.74) is -1.09.